The Kier molecular flexibility index (Phi) is 4.90. The van der Waals surface area contributed by atoms with Gasteiger partial charge in [0.25, 0.3) is 11.4 Å². The molecule has 1 N–H and O–H groups in total. The van der Waals surface area contributed by atoms with Crippen molar-refractivity contribution in [1.82, 2.24) is 4.98 Å². The van der Waals surface area contributed by atoms with Crippen molar-refractivity contribution < 1.29 is 9.85 Å². The number of thiazole rings is 1. The summed E-state index contributed by atoms with van der Waals surface area (Å²) in [6.07, 6.45) is 0. The van der Waals surface area contributed by atoms with E-state index in [1.165, 1.54) is 23.5 Å². The van der Waals surface area contributed by atoms with Crippen LogP contribution >= 0.6 is 11.3 Å². The minimum atomic E-state index is -0.656. The number of anilines is 1. The van der Waals surface area contributed by atoms with Crippen LogP contribution in [-0.2, 0) is 6.54 Å². The van der Waals surface area contributed by atoms with Gasteiger partial charge in [-0.05, 0) is 13.0 Å². The van der Waals surface area contributed by atoms with Crippen molar-refractivity contribution in [3.63, 3.8) is 0 Å². The topological polar surface area (TPSA) is 111 Å². The Bertz CT molecular complexity index is 972. The number of hydrogen-bond acceptors (Lipinski definition) is 7. The van der Waals surface area contributed by atoms with E-state index in [0.717, 1.165) is 27.2 Å². The summed E-state index contributed by atoms with van der Waals surface area (Å²) >= 11 is 1.50. The monoisotopic (exact) mass is 370 g/mol. The Morgan fingerprint density at radius 1 is 1.08 bits per heavy atom. The molecule has 0 saturated heterocycles. The first-order chi connectivity index (χ1) is 12.5. The molecule has 0 radical (unpaired) electrons. The van der Waals surface area contributed by atoms with Crippen LogP contribution in [0.25, 0.3) is 10.6 Å². The number of rotatable bonds is 6. The Labute approximate surface area is 152 Å². The average Bonchev–Trinajstić information content (AvgIpc) is 3.01. The highest BCUT2D eigenvalue weighted by molar-refractivity contribution is 7.15. The molecule has 9 heteroatoms. The molecule has 0 aliphatic rings. The second-order valence-corrected chi connectivity index (χ2v) is 6.55. The third-order valence-electron chi connectivity index (χ3n) is 3.74. The molecule has 0 spiro atoms. The summed E-state index contributed by atoms with van der Waals surface area (Å²) < 4.78 is 0. The van der Waals surface area contributed by atoms with Gasteiger partial charge in [-0.3, -0.25) is 20.2 Å². The molecule has 2 aromatic carbocycles. The van der Waals surface area contributed by atoms with Crippen LogP contribution in [0.1, 0.15) is 10.6 Å². The zero-order valence-corrected chi connectivity index (χ0v) is 14.5. The van der Waals surface area contributed by atoms with Gasteiger partial charge in [-0.25, -0.2) is 4.98 Å². The number of nitrogens with zero attached hydrogens (tertiary/aromatic N) is 3. The van der Waals surface area contributed by atoms with Crippen LogP contribution in [0.2, 0.25) is 0 Å². The summed E-state index contributed by atoms with van der Waals surface area (Å²) in [5.41, 5.74) is 1.43. The molecular formula is C17H14N4O4S. The molecule has 0 amide bonds. The van der Waals surface area contributed by atoms with E-state index in [4.69, 9.17) is 0 Å². The van der Waals surface area contributed by atoms with E-state index >= 15 is 0 Å². The van der Waals surface area contributed by atoms with Crippen LogP contribution in [-0.4, -0.2) is 14.8 Å². The van der Waals surface area contributed by atoms with Gasteiger partial charge in [-0.1, -0.05) is 30.3 Å². The Balaban J connectivity index is 1.82. The molecule has 0 atom stereocenters. The Morgan fingerprint density at radius 3 is 2.46 bits per heavy atom. The summed E-state index contributed by atoms with van der Waals surface area (Å²) in [6.45, 7) is 2.22. The molecule has 0 bridgehead atoms. The Hall–Kier alpha value is -3.33. The smallest absolute Gasteiger partial charge is 0.299 e. The number of aryl methyl sites for hydroxylation is 1. The van der Waals surface area contributed by atoms with E-state index in [1.54, 1.807) is 0 Å². The SMILES string of the molecule is Cc1nc(-c2ccccc2)sc1CNc1ccc([N+](=O)[O-])cc1[N+](=O)[O-]. The molecule has 3 rings (SSSR count). The number of hydrogen-bond donors (Lipinski definition) is 1. The second kappa shape index (κ2) is 7.28. The molecule has 3 aromatic rings. The fourth-order valence-corrected chi connectivity index (χ4v) is 3.41. The van der Waals surface area contributed by atoms with Crippen LogP contribution in [0, 0.1) is 27.2 Å². The van der Waals surface area contributed by atoms with Crippen LogP contribution in [0.3, 0.4) is 0 Å². The van der Waals surface area contributed by atoms with E-state index in [1.807, 2.05) is 37.3 Å². The molecule has 0 saturated carbocycles. The standard InChI is InChI=1S/C17H14N4O4S/c1-11-16(26-17(19-11)12-5-3-2-4-6-12)10-18-14-8-7-13(20(22)23)9-15(14)21(24)25/h2-9,18H,10H2,1H3. The Morgan fingerprint density at radius 2 is 1.81 bits per heavy atom. The number of non-ortho nitro benzene ring substituents is 1. The van der Waals surface area contributed by atoms with Gasteiger partial charge in [0.05, 0.1) is 28.2 Å². The third-order valence-corrected chi connectivity index (χ3v) is 4.95. The molecule has 1 aromatic heterocycles. The van der Waals surface area contributed by atoms with Crippen molar-refractivity contribution in [3.8, 4) is 10.6 Å². The highest BCUT2D eigenvalue weighted by atomic mass is 32.1. The van der Waals surface area contributed by atoms with Crippen molar-refractivity contribution >= 4 is 28.4 Å². The fourth-order valence-electron chi connectivity index (χ4n) is 2.41. The number of benzene rings is 2. The number of nitro benzene ring substituents is 2. The summed E-state index contributed by atoms with van der Waals surface area (Å²) in [5, 5.41) is 25.9. The summed E-state index contributed by atoms with van der Waals surface area (Å²) in [7, 11) is 0. The van der Waals surface area contributed by atoms with E-state index in [2.05, 4.69) is 10.3 Å². The van der Waals surface area contributed by atoms with Crippen molar-refractivity contribution in [2.75, 3.05) is 5.32 Å². The quantitative estimate of drug-likeness (QED) is 0.503. The predicted molar refractivity (Wildman–Crippen MR) is 99.4 cm³/mol. The molecule has 8 nitrogen and oxygen atoms in total. The summed E-state index contributed by atoms with van der Waals surface area (Å²) in [6, 6.07) is 13.3. The first kappa shape index (κ1) is 17.5. The van der Waals surface area contributed by atoms with Gasteiger partial charge >= 0.3 is 0 Å². The van der Waals surface area contributed by atoms with E-state index in [0.29, 0.717) is 6.54 Å². The molecule has 26 heavy (non-hydrogen) atoms. The third kappa shape index (κ3) is 3.67. The molecule has 0 fully saturated rings. The first-order valence-corrected chi connectivity index (χ1v) is 8.46. The number of aromatic nitrogens is 1. The zero-order chi connectivity index (χ0) is 18.7. The highest BCUT2D eigenvalue weighted by Gasteiger charge is 2.19. The maximum absolute atomic E-state index is 11.2. The minimum absolute atomic E-state index is 0.231. The maximum atomic E-state index is 11.2. The molecule has 0 unspecified atom stereocenters. The number of nitrogens with one attached hydrogen (secondary N) is 1. The summed E-state index contributed by atoms with van der Waals surface area (Å²) in [4.78, 5) is 26.2. The predicted octanol–water partition coefficient (Wildman–Crippen LogP) is 4.55. The van der Waals surface area contributed by atoms with Crippen molar-refractivity contribution in [2.24, 2.45) is 0 Å². The molecular weight excluding hydrogens is 356 g/mol. The van der Waals surface area contributed by atoms with Gasteiger partial charge in [0.1, 0.15) is 10.7 Å². The fraction of sp³-hybridized carbons (Fsp3) is 0.118. The van der Waals surface area contributed by atoms with E-state index in [9.17, 15) is 20.2 Å². The van der Waals surface area contributed by atoms with Gasteiger partial charge in [0.15, 0.2) is 0 Å². The van der Waals surface area contributed by atoms with Gasteiger partial charge in [0, 0.05) is 16.5 Å². The zero-order valence-electron chi connectivity index (χ0n) is 13.7. The molecule has 0 aliphatic carbocycles. The van der Waals surface area contributed by atoms with E-state index < -0.39 is 9.85 Å². The number of nitro groups is 2. The average molecular weight is 370 g/mol. The van der Waals surface area contributed by atoms with Crippen LogP contribution in [0.15, 0.2) is 48.5 Å². The van der Waals surface area contributed by atoms with Crippen molar-refractivity contribution in [3.05, 3.63) is 79.3 Å². The van der Waals surface area contributed by atoms with Gasteiger partial charge in [-0.2, -0.15) is 0 Å². The lowest BCUT2D eigenvalue weighted by molar-refractivity contribution is -0.393. The second-order valence-electron chi connectivity index (χ2n) is 5.46. The van der Waals surface area contributed by atoms with Crippen LogP contribution in [0.5, 0.6) is 0 Å². The highest BCUT2D eigenvalue weighted by Crippen LogP contribution is 2.31. The van der Waals surface area contributed by atoms with E-state index in [-0.39, 0.29) is 17.1 Å². The normalized spacial score (nSPS) is 10.5. The molecule has 1 heterocycles. The lowest BCUT2D eigenvalue weighted by Gasteiger charge is -2.06. The van der Waals surface area contributed by atoms with Gasteiger partial charge < -0.3 is 5.32 Å². The van der Waals surface area contributed by atoms with Gasteiger partial charge in [-0.15, -0.1) is 11.3 Å². The lowest BCUT2D eigenvalue weighted by Crippen LogP contribution is -2.03. The summed E-state index contributed by atoms with van der Waals surface area (Å²) in [5.74, 6) is 0. The van der Waals surface area contributed by atoms with Crippen molar-refractivity contribution in [1.29, 1.82) is 0 Å². The minimum Gasteiger partial charge on any atom is -0.375 e. The van der Waals surface area contributed by atoms with Crippen LogP contribution < -0.4 is 5.32 Å². The lowest BCUT2D eigenvalue weighted by atomic mass is 10.2. The van der Waals surface area contributed by atoms with Crippen molar-refractivity contribution in [2.45, 2.75) is 13.5 Å². The first-order valence-electron chi connectivity index (χ1n) is 7.64. The molecule has 0 aliphatic heterocycles. The van der Waals surface area contributed by atoms with Crippen LogP contribution in [0.4, 0.5) is 17.1 Å². The maximum Gasteiger partial charge on any atom is 0.299 e. The molecule has 132 valence electrons. The van der Waals surface area contributed by atoms with Gasteiger partial charge in [0.2, 0.25) is 0 Å². The largest absolute Gasteiger partial charge is 0.375 e.